The van der Waals surface area contributed by atoms with Crippen molar-refractivity contribution in [3.05, 3.63) is 47.0 Å². The highest BCUT2D eigenvalue weighted by molar-refractivity contribution is 6.30. The Morgan fingerprint density at radius 3 is 2.33 bits per heavy atom. The number of anilines is 1. The molecule has 0 aliphatic heterocycles. The van der Waals surface area contributed by atoms with Crippen LogP contribution < -0.4 is 19.5 Å². The quantitative estimate of drug-likeness (QED) is 0.854. The minimum absolute atomic E-state index is 0.267. The Bertz CT molecular complexity index is 733. The van der Waals surface area contributed by atoms with E-state index in [0.717, 1.165) is 5.56 Å². The van der Waals surface area contributed by atoms with E-state index in [2.05, 4.69) is 5.32 Å². The standard InChI is InChI=1S/C18H20ClNO4/c1-11-9-13(19)5-7-15(11)24-12(2)18(21)20-14-6-8-16(22-3)17(10-14)23-4/h5-10,12H,1-4H3,(H,20,21)/t12-/m1/s1. The monoisotopic (exact) mass is 349 g/mol. The van der Waals surface area contributed by atoms with Crippen LogP contribution in [0.3, 0.4) is 0 Å². The summed E-state index contributed by atoms with van der Waals surface area (Å²) < 4.78 is 16.1. The van der Waals surface area contributed by atoms with Gasteiger partial charge in [-0.15, -0.1) is 0 Å². The number of benzene rings is 2. The molecule has 0 radical (unpaired) electrons. The Kier molecular flexibility index (Phi) is 5.93. The van der Waals surface area contributed by atoms with Gasteiger partial charge in [0.25, 0.3) is 5.91 Å². The van der Waals surface area contributed by atoms with Gasteiger partial charge in [0.1, 0.15) is 5.75 Å². The fraction of sp³-hybridized carbons (Fsp3) is 0.278. The van der Waals surface area contributed by atoms with E-state index in [0.29, 0.717) is 28.0 Å². The first-order valence-electron chi connectivity index (χ1n) is 7.40. The topological polar surface area (TPSA) is 56.8 Å². The third-order valence-electron chi connectivity index (χ3n) is 3.46. The minimum atomic E-state index is -0.669. The SMILES string of the molecule is COc1ccc(NC(=O)[C@@H](C)Oc2ccc(Cl)cc2C)cc1OC. The molecule has 0 spiro atoms. The van der Waals surface area contributed by atoms with E-state index >= 15 is 0 Å². The number of rotatable bonds is 6. The molecule has 0 saturated heterocycles. The highest BCUT2D eigenvalue weighted by atomic mass is 35.5. The van der Waals surface area contributed by atoms with E-state index in [9.17, 15) is 4.79 Å². The maximum absolute atomic E-state index is 12.3. The number of hydrogen-bond donors (Lipinski definition) is 1. The van der Waals surface area contributed by atoms with E-state index in [1.807, 2.05) is 6.92 Å². The van der Waals surface area contributed by atoms with Gasteiger partial charge in [0, 0.05) is 16.8 Å². The number of carbonyl (C=O) groups excluding carboxylic acids is 1. The first kappa shape index (κ1) is 17.9. The molecule has 24 heavy (non-hydrogen) atoms. The van der Waals surface area contributed by atoms with Crippen LogP contribution in [0, 0.1) is 6.92 Å². The average Bonchev–Trinajstić information content (AvgIpc) is 2.57. The normalized spacial score (nSPS) is 11.5. The van der Waals surface area contributed by atoms with Gasteiger partial charge < -0.3 is 19.5 Å². The summed E-state index contributed by atoms with van der Waals surface area (Å²) in [6, 6.07) is 10.4. The summed E-state index contributed by atoms with van der Waals surface area (Å²) in [5.41, 5.74) is 1.47. The van der Waals surface area contributed by atoms with Crippen molar-refractivity contribution in [1.82, 2.24) is 0 Å². The lowest BCUT2D eigenvalue weighted by Gasteiger charge is -2.17. The lowest BCUT2D eigenvalue weighted by atomic mass is 10.2. The van der Waals surface area contributed by atoms with E-state index in [4.69, 9.17) is 25.8 Å². The number of aryl methyl sites for hydroxylation is 1. The van der Waals surface area contributed by atoms with Crippen LogP contribution >= 0.6 is 11.6 Å². The third-order valence-corrected chi connectivity index (χ3v) is 3.70. The molecular weight excluding hydrogens is 330 g/mol. The maximum atomic E-state index is 12.3. The van der Waals surface area contributed by atoms with Gasteiger partial charge in [-0.05, 0) is 49.7 Å². The van der Waals surface area contributed by atoms with Gasteiger partial charge in [-0.2, -0.15) is 0 Å². The van der Waals surface area contributed by atoms with Gasteiger partial charge in [-0.3, -0.25) is 4.79 Å². The molecule has 0 unspecified atom stereocenters. The molecule has 6 heteroatoms. The molecule has 2 aromatic carbocycles. The number of amides is 1. The molecule has 128 valence electrons. The van der Waals surface area contributed by atoms with Crippen LogP contribution in [0.15, 0.2) is 36.4 Å². The molecule has 1 N–H and O–H groups in total. The van der Waals surface area contributed by atoms with Crippen LogP contribution in [-0.2, 0) is 4.79 Å². The van der Waals surface area contributed by atoms with Gasteiger partial charge in [0.05, 0.1) is 14.2 Å². The highest BCUT2D eigenvalue weighted by Crippen LogP contribution is 2.30. The van der Waals surface area contributed by atoms with Crippen LogP contribution in [0.5, 0.6) is 17.2 Å². The molecule has 0 heterocycles. The van der Waals surface area contributed by atoms with E-state index in [1.54, 1.807) is 57.5 Å². The molecule has 0 fully saturated rings. The molecular formula is C18H20ClNO4. The second kappa shape index (κ2) is 7.93. The van der Waals surface area contributed by atoms with Gasteiger partial charge in [-0.25, -0.2) is 0 Å². The van der Waals surface area contributed by atoms with Crippen molar-refractivity contribution in [2.45, 2.75) is 20.0 Å². The number of nitrogens with one attached hydrogen (secondary N) is 1. The van der Waals surface area contributed by atoms with Crippen LogP contribution in [0.2, 0.25) is 5.02 Å². The van der Waals surface area contributed by atoms with Crippen molar-refractivity contribution < 1.29 is 19.0 Å². The summed E-state index contributed by atoms with van der Waals surface area (Å²) in [6.45, 7) is 3.56. The molecule has 2 rings (SSSR count). The van der Waals surface area contributed by atoms with Crippen molar-refractivity contribution in [2.75, 3.05) is 19.5 Å². The Morgan fingerprint density at radius 1 is 1.04 bits per heavy atom. The molecule has 0 aliphatic rings. The van der Waals surface area contributed by atoms with Crippen molar-refractivity contribution in [3.8, 4) is 17.2 Å². The number of halogens is 1. The zero-order valence-corrected chi connectivity index (χ0v) is 14.8. The Labute approximate surface area is 146 Å². The van der Waals surface area contributed by atoms with E-state index < -0.39 is 6.10 Å². The zero-order valence-electron chi connectivity index (χ0n) is 14.1. The molecule has 0 aromatic heterocycles. The minimum Gasteiger partial charge on any atom is -0.493 e. The van der Waals surface area contributed by atoms with Crippen molar-refractivity contribution in [1.29, 1.82) is 0 Å². The van der Waals surface area contributed by atoms with Gasteiger partial charge in [0.2, 0.25) is 0 Å². The molecule has 1 amide bonds. The Balaban J connectivity index is 2.06. The van der Waals surface area contributed by atoms with E-state index in [-0.39, 0.29) is 5.91 Å². The zero-order chi connectivity index (χ0) is 17.7. The first-order chi connectivity index (χ1) is 11.4. The van der Waals surface area contributed by atoms with Crippen LogP contribution in [-0.4, -0.2) is 26.2 Å². The Morgan fingerprint density at radius 2 is 1.71 bits per heavy atom. The maximum Gasteiger partial charge on any atom is 0.265 e. The highest BCUT2D eigenvalue weighted by Gasteiger charge is 2.17. The van der Waals surface area contributed by atoms with Crippen molar-refractivity contribution in [2.24, 2.45) is 0 Å². The predicted molar refractivity (Wildman–Crippen MR) is 94.5 cm³/mol. The largest absolute Gasteiger partial charge is 0.493 e. The summed E-state index contributed by atoms with van der Waals surface area (Å²) in [6.07, 6.45) is -0.669. The first-order valence-corrected chi connectivity index (χ1v) is 7.78. The molecule has 2 aromatic rings. The molecule has 0 aliphatic carbocycles. The van der Waals surface area contributed by atoms with Crippen LogP contribution in [0.1, 0.15) is 12.5 Å². The number of hydrogen-bond acceptors (Lipinski definition) is 4. The molecule has 0 saturated carbocycles. The summed E-state index contributed by atoms with van der Waals surface area (Å²) in [7, 11) is 3.10. The fourth-order valence-electron chi connectivity index (χ4n) is 2.15. The van der Waals surface area contributed by atoms with E-state index in [1.165, 1.54) is 0 Å². The Hall–Kier alpha value is -2.40. The smallest absolute Gasteiger partial charge is 0.265 e. The van der Waals surface area contributed by atoms with Crippen LogP contribution in [0.25, 0.3) is 0 Å². The fourth-order valence-corrected chi connectivity index (χ4v) is 2.37. The summed E-state index contributed by atoms with van der Waals surface area (Å²) in [5.74, 6) is 1.49. The van der Waals surface area contributed by atoms with Crippen LogP contribution in [0.4, 0.5) is 5.69 Å². The second-order valence-corrected chi connectivity index (χ2v) is 5.67. The van der Waals surface area contributed by atoms with Gasteiger partial charge >= 0.3 is 0 Å². The molecule has 5 nitrogen and oxygen atoms in total. The number of methoxy groups -OCH3 is 2. The number of carbonyl (C=O) groups is 1. The van der Waals surface area contributed by atoms with Crippen molar-refractivity contribution >= 4 is 23.2 Å². The van der Waals surface area contributed by atoms with Gasteiger partial charge in [-0.1, -0.05) is 11.6 Å². The lowest BCUT2D eigenvalue weighted by molar-refractivity contribution is -0.122. The number of ether oxygens (including phenoxy) is 3. The molecule has 1 atom stereocenters. The summed E-state index contributed by atoms with van der Waals surface area (Å²) in [5, 5.41) is 3.42. The average molecular weight is 350 g/mol. The summed E-state index contributed by atoms with van der Waals surface area (Å²) >= 11 is 5.92. The van der Waals surface area contributed by atoms with Gasteiger partial charge in [0.15, 0.2) is 17.6 Å². The molecule has 0 bridgehead atoms. The summed E-state index contributed by atoms with van der Waals surface area (Å²) in [4.78, 5) is 12.3. The lowest BCUT2D eigenvalue weighted by Crippen LogP contribution is -2.30. The predicted octanol–water partition coefficient (Wildman–Crippen LogP) is 4.07. The second-order valence-electron chi connectivity index (χ2n) is 5.23. The van der Waals surface area contributed by atoms with Crippen molar-refractivity contribution in [3.63, 3.8) is 0 Å². The third kappa shape index (κ3) is 4.32.